The summed E-state index contributed by atoms with van der Waals surface area (Å²) < 4.78 is 1.36. The van der Waals surface area contributed by atoms with Gasteiger partial charge in [-0.1, -0.05) is 35.9 Å². The Labute approximate surface area is 156 Å². The smallest absolute Gasteiger partial charge is 0.266 e. The monoisotopic (exact) mass is 367 g/mol. The van der Waals surface area contributed by atoms with Gasteiger partial charge in [-0.25, -0.2) is 4.68 Å². The van der Waals surface area contributed by atoms with Gasteiger partial charge < -0.3 is 5.32 Å². The summed E-state index contributed by atoms with van der Waals surface area (Å²) in [6.07, 6.45) is 1.05. The fourth-order valence-corrected chi connectivity index (χ4v) is 3.27. The maximum atomic E-state index is 12.0. The van der Waals surface area contributed by atoms with Crippen LogP contribution < -0.4 is 10.9 Å². The van der Waals surface area contributed by atoms with Crippen molar-refractivity contribution in [3.8, 4) is 11.3 Å². The summed E-state index contributed by atoms with van der Waals surface area (Å²) in [5, 5.41) is 9.30. The number of rotatable bonds is 7. The first-order valence-electron chi connectivity index (χ1n) is 8.56. The van der Waals surface area contributed by atoms with Crippen LogP contribution in [-0.2, 0) is 17.8 Å². The van der Waals surface area contributed by atoms with Gasteiger partial charge in [-0.3, -0.25) is 9.59 Å². The first-order chi connectivity index (χ1) is 12.6. The lowest BCUT2D eigenvalue weighted by Crippen LogP contribution is -2.29. The number of nitrogens with zero attached hydrogens (tertiary/aromatic N) is 2. The standard InChI is InChI=1S/C20H21N3O2S/c1-15-4-6-16(7-5-15)18-8-9-20(25)23(22-18)13-11-19(24)21-12-10-17-3-2-14-26-17/h2-9,14H,10-13H2,1H3,(H,21,24). The zero-order chi connectivity index (χ0) is 18.4. The topological polar surface area (TPSA) is 64.0 Å². The number of aryl methyl sites for hydroxylation is 2. The highest BCUT2D eigenvalue weighted by Crippen LogP contribution is 2.15. The summed E-state index contributed by atoms with van der Waals surface area (Å²) in [6.45, 7) is 2.89. The van der Waals surface area contributed by atoms with E-state index >= 15 is 0 Å². The molecule has 0 spiro atoms. The van der Waals surface area contributed by atoms with Gasteiger partial charge in [0.15, 0.2) is 0 Å². The molecule has 26 heavy (non-hydrogen) atoms. The summed E-state index contributed by atoms with van der Waals surface area (Å²) in [7, 11) is 0. The Morgan fingerprint density at radius 3 is 2.69 bits per heavy atom. The van der Waals surface area contributed by atoms with Crippen molar-refractivity contribution < 1.29 is 4.79 Å². The molecule has 0 aliphatic heterocycles. The van der Waals surface area contributed by atoms with Crippen LogP contribution in [0.15, 0.2) is 58.7 Å². The molecule has 2 aromatic heterocycles. The highest BCUT2D eigenvalue weighted by atomic mass is 32.1. The molecule has 0 saturated heterocycles. The second kappa shape index (κ2) is 8.58. The fourth-order valence-electron chi connectivity index (χ4n) is 2.56. The van der Waals surface area contributed by atoms with E-state index in [4.69, 9.17) is 0 Å². The van der Waals surface area contributed by atoms with E-state index in [9.17, 15) is 9.59 Å². The Morgan fingerprint density at radius 1 is 1.15 bits per heavy atom. The quantitative estimate of drug-likeness (QED) is 0.698. The van der Waals surface area contributed by atoms with E-state index in [1.807, 2.05) is 42.6 Å². The minimum Gasteiger partial charge on any atom is -0.356 e. The molecule has 5 nitrogen and oxygen atoms in total. The molecule has 1 N–H and O–H groups in total. The lowest BCUT2D eigenvalue weighted by molar-refractivity contribution is -0.121. The van der Waals surface area contributed by atoms with E-state index in [1.54, 1.807) is 17.4 Å². The normalized spacial score (nSPS) is 10.7. The third kappa shape index (κ3) is 4.89. The predicted molar refractivity (Wildman–Crippen MR) is 104 cm³/mol. The van der Waals surface area contributed by atoms with E-state index in [1.165, 1.54) is 21.2 Å². The molecular formula is C20H21N3O2S. The van der Waals surface area contributed by atoms with Gasteiger partial charge in [-0.15, -0.1) is 11.3 Å². The number of carbonyl (C=O) groups excluding carboxylic acids is 1. The predicted octanol–water partition coefficient (Wildman–Crippen LogP) is 3.03. The van der Waals surface area contributed by atoms with Crippen LogP contribution in [-0.4, -0.2) is 22.2 Å². The van der Waals surface area contributed by atoms with Crippen LogP contribution in [0, 0.1) is 6.92 Å². The second-order valence-electron chi connectivity index (χ2n) is 6.08. The summed E-state index contributed by atoms with van der Waals surface area (Å²) in [6, 6.07) is 15.2. The Morgan fingerprint density at radius 2 is 1.96 bits per heavy atom. The summed E-state index contributed by atoms with van der Waals surface area (Å²) >= 11 is 1.68. The van der Waals surface area contributed by atoms with Crippen molar-refractivity contribution >= 4 is 17.2 Å². The SMILES string of the molecule is Cc1ccc(-c2ccc(=O)n(CCC(=O)NCCc3cccs3)n2)cc1. The van der Waals surface area contributed by atoms with Crippen molar-refractivity contribution in [3.05, 3.63) is 74.7 Å². The molecule has 6 heteroatoms. The lowest BCUT2D eigenvalue weighted by atomic mass is 10.1. The Kier molecular flexibility index (Phi) is 5.96. The summed E-state index contributed by atoms with van der Waals surface area (Å²) in [5.74, 6) is -0.0732. The van der Waals surface area contributed by atoms with Crippen LogP contribution in [0.25, 0.3) is 11.3 Å². The van der Waals surface area contributed by atoms with Crippen molar-refractivity contribution in [1.29, 1.82) is 0 Å². The third-order valence-corrected chi connectivity index (χ3v) is 4.97. The molecule has 0 bridgehead atoms. The van der Waals surface area contributed by atoms with E-state index < -0.39 is 0 Å². The second-order valence-corrected chi connectivity index (χ2v) is 7.11. The van der Waals surface area contributed by atoms with Gasteiger partial charge in [0.1, 0.15) is 0 Å². The van der Waals surface area contributed by atoms with Crippen LogP contribution >= 0.6 is 11.3 Å². The largest absolute Gasteiger partial charge is 0.356 e. The lowest BCUT2D eigenvalue weighted by Gasteiger charge is -2.08. The molecule has 134 valence electrons. The van der Waals surface area contributed by atoms with Crippen LogP contribution in [0.2, 0.25) is 0 Å². The molecular weight excluding hydrogens is 346 g/mol. The van der Waals surface area contributed by atoms with Crippen LogP contribution in [0.5, 0.6) is 0 Å². The van der Waals surface area contributed by atoms with Gasteiger partial charge in [0.2, 0.25) is 5.91 Å². The van der Waals surface area contributed by atoms with Crippen molar-refractivity contribution in [3.63, 3.8) is 0 Å². The van der Waals surface area contributed by atoms with Crippen LogP contribution in [0.3, 0.4) is 0 Å². The Hall–Kier alpha value is -2.73. The molecule has 0 aliphatic rings. The summed E-state index contributed by atoms with van der Waals surface area (Å²) in [4.78, 5) is 25.3. The van der Waals surface area contributed by atoms with Gasteiger partial charge in [-0.2, -0.15) is 5.10 Å². The molecule has 2 heterocycles. The minimum atomic E-state index is -0.202. The highest BCUT2D eigenvalue weighted by molar-refractivity contribution is 7.09. The number of benzene rings is 1. The minimum absolute atomic E-state index is 0.0732. The fraction of sp³-hybridized carbons (Fsp3) is 0.250. The Balaban J connectivity index is 1.57. The van der Waals surface area contributed by atoms with Crippen molar-refractivity contribution in [2.75, 3.05) is 6.54 Å². The highest BCUT2D eigenvalue weighted by Gasteiger charge is 2.06. The molecule has 0 fully saturated rings. The zero-order valence-corrected chi connectivity index (χ0v) is 15.5. The van der Waals surface area contributed by atoms with E-state index in [0.717, 1.165) is 17.7 Å². The number of nitrogens with one attached hydrogen (secondary N) is 1. The van der Waals surface area contributed by atoms with Crippen molar-refractivity contribution in [2.24, 2.45) is 0 Å². The average Bonchev–Trinajstić information content (AvgIpc) is 3.15. The average molecular weight is 367 g/mol. The number of hydrogen-bond donors (Lipinski definition) is 1. The first-order valence-corrected chi connectivity index (χ1v) is 9.44. The maximum absolute atomic E-state index is 12.0. The number of amides is 1. The molecule has 1 amide bonds. The van der Waals surface area contributed by atoms with E-state index in [-0.39, 0.29) is 24.4 Å². The van der Waals surface area contributed by atoms with Gasteiger partial charge in [0.05, 0.1) is 12.2 Å². The first kappa shape index (κ1) is 18.1. The number of aromatic nitrogens is 2. The van der Waals surface area contributed by atoms with Gasteiger partial charge in [0.25, 0.3) is 5.56 Å². The van der Waals surface area contributed by atoms with Gasteiger partial charge >= 0.3 is 0 Å². The summed E-state index contributed by atoms with van der Waals surface area (Å²) in [5.41, 5.74) is 2.64. The molecule has 0 aliphatic carbocycles. The number of carbonyl (C=O) groups is 1. The van der Waals surface area contributed by atoms with Gasteiger partial charge in [0, 0.05) is 29.5 Å². The molecule has 1 aromatic carbocycles. The Bertz CT molecular complexity index is 915. The molecule has 3 rings (SSSR count). The van der Waals surface area contributed by atoms with Gasteiger partial charge in [-0.05, 0) is 30.9 Å². The molecule has 0 unspecified atom stereocenters. The number of thiophene rings is 1. The van der Waals surface area contributed by atoms with Crippen LogP contribution in [0.4, 0.5) is 0 Å². The van der Waals surface area contributed by atoms with Crippen LogP contribution in [0.1, 0.15) is 16.9 Å². The third-order valence-electron chi connectivity index (χ3n) is 4.04. The zero-order valence-electron chi connectivity index (χ0n) is 14.6. The molecule has 0 radical (unpaired) electrons. The maximum Gasteiger partial charge on any atom is 0.266 e. The molecule has 3 aromatic rings. The van der Waals surface area contributed by atoms with E-state index in [2.05, 4.69) is 16.5 Å². The molecule has 0 saturated carbocycles. The van der Waals surface area contributed by atoms with Crippen molar-refractivity contribution in [1.82, 2.24) is 15.1 Å². The van der Waals surface area contributed by atoms with Crippen molar-refractivity contribution in [2.45, 2.75) is 26.3 Å². The number of hydrogen-bond acceptors (Lipinski definition) is 4. The molecule has 0 atom stereocenters. The van der Waals surface area contributed by atoms with E-state index in [0.29, 0.717) is 6.54 Å².